The predicted molar refractivity (Wildman–Crippen MR) is 348 cm³/mol. The molecular weight excluding hydrogens is 1240 g/mol. The van der Waals surface area contributed by atoms with Gasteiger partial charge in [0.25, 0.3) is 0 Å². The monoisotopic (exact) mass is 1330 g/mol. The minimum atomic E-state index is -2.39. The zero-order chi connectivity index (χ0) is 56.9. The third-order valence-electron chi connectivity index (χ3n) is 17.2. The molecule has 81 heavy (non-hydrogen) atoms. The van der Waals surface area contributed by atoms with Crippen LogP contribution in [0.3, 0.4) is 0 Å². The van der Waals surface area contributed by atoms with E-state index >= 15 is 0 Å². The van der Waals surface area contributed by atoms with Crippen LogP contribution in [0, 0.1) is 7.43 Å². The second-order valence-corrected chi connectivity index (χ2v) is 29.2. The maximum absolute atomic E-state index is 6.55. The van der Waals surface area contributed by atoms with Gasteiger partial charge in [-0.2, -0.15) is 0 Å². The van der Waals surface area contributed by atoms with Crippen molar-refractivity contribution in [3.63, 3.8) is 0 Å². The minimum absolute atomic E-state index is 0. The number of ether oxygens (including phenoxy) is 3. The Labute approximate surface area is 521 Å². The van der Waals surface area contributed by atoms with E-state index in [1.165, 1.54) is 94.4 Å². The van der Waals surface area contributed by atoms with E-state index in [1.54, 1.807) is 14.2 Å². The van der Waals surface area contributed by atoms with Crippen molar-refractivity contribution in [2.45, 2.75) is 161 Å². The first-order valence-corrected chi connectivity index (χ1v) is 32.6. The summed E-state index contributed by atoms with van der Waals surface area (Å²) in [5.74, 6) is 0. The van der Waals surface area contributed by atoms with Crippen LogP contribution in [-0.4, -0.2) is 85.4 Å². The Kier molecular flexibility index (Phi) is 26.2. The van der Waals surface area contributed by atoms with Crippen molar-refractivity contribution >= 4 is 85.8 Å². The van der Waals surface area contributed by atoms with Gasteiger partial charge in [-0.1, -0.05) is 218 Å². The second kappa shape index (κ2) is 30.9. The van der Waals surface area contributed by atoms with Crippen LogP contribution < -0.4 is 31.7 Å². The number of benzene rings is 6. The summed E-state index contributed by atoms with van der Waals surface area (Å²) in [7, 11) is 0.190. The minimum Gasteiger partial charge on any atom is -0.399 e. The summed E-state index contributed by atoms with van der Waals surface area (Å²) in [4.78, 5) is 0. The molecule has 6 aromatic carbocycles. The maximum Gasteiger partial charge on any atom is 0.494 e. The van der Waals surface area contributed by atoms with Crippen molar-refractivity contribution in [3.8, 4) is 11.1 Å². The third kappa shape index (κ3) is 15.9. The van der Waals surface area contributed by atoms with E-state index in [1.807, 2.05) is 0 Å². The van der Waals surface area contributed by atoms with Crippen LogP contribution in [0.1, 0.15) is 145 Å². The molecule has 0 spiro atoms. The Morgan fingerprint density at radius 3 is 1.09 bits per heavy atom. The van der Waals surface area contributed by atoms with E-state index in [0.29, 0.717) is 26.4 Å². The van der Waals surface area contributed by atoms with Gasteiger partial charge in [0.2, 0.25) is 0 Å². The molecule has 2 saturated heterocycles. The van der Waals surface area contributed by atoms with Crippen LogP contribution in [0.2, 0.25) is 0 Å². The predicted octanol–water partition coefficient (Wildman–Crippen LogP) is 13.8. The van der Waals surface area contributed by atoms with E-state index in [4.69, 9.17) is 32.8 Å². The molecule has 3 aliphatic rings. The largest absolute Gasteiger partial charge is 0.494 e. The molecule has 2 fully saturated rings. The maximum atomic E-state index is 6.55. The molecule has 2 heterocycles. The molecule has 0 amide bonds. The Bertz CT molecular complexity index is 2610. The quantitative estimate of drug-likeness (QED) is 0.0290. The van der Waals surface area contributed by atoms with Crippen LogP contribution in [0.25, 0.3) is 11.1 Å². The Morgan fingerprint density at radius 1 is 0.432 bits per heavy atom. The van der Waals surface area contributed by atoms with Gasteiger partial charge in [-0.25, -0.2) is 0 Å². The number of rotatable bonds is 22. The molecule has 0 saturated carbocycles. The summed E-state index contributed by atoms with van der Waals surface area (Å²) >= 11 is 7.20. The number of halogens is 2. The first kappa shape index (κ1) is 68.8. The smallest absolute Gasteiger partial charge is 0.399 e. The van der Waals surface area contributed by atoms with Gasteiger partial charge in [-0.05, 0) is 146 Å². The number of fused-ring (bicyclic) bond motifs is 3. The van der Waals surface area contributed by atoms with Gasteiger partial charge in [-0.15, -0.1) is 0 Å². The molecule has 0 bridgehead atoms. The number of unbranched alkanes of at least 4 members (excludes halogenated alkanes) is 6. The number of hydrogen-bond donors (Lipinski definition) is 0. The number of methoxy groups -OCH3 is 2. The van der Waals surface area contributed by atoms with E-state index < -0.39 is 8.07 Å². The molecule has 9 rings (SSSR count). The first-order valence-electron chi connectivity index (χ1n) is 29.0. The summed E-state index contributed by atoms with van der Waals surface area (Å²) in [5.41, 5.74) is 6.37. The molecule has 0 unspecified atom stereocenters. The zero-order valence-electron chi connectivity index (χ0n) is 50.8. The van der Waals surface area contributed by atoms with Crippen molar-refractivity contribution in [2.75, 3.05) is 40.6 Å². The van der Waals surface area contributed by atoms with Crippen LogP contribution >= 0.6 is 31.9 Å². The standard InChI is InChI=1S/C37H56B2O4.C24H18Br2Si.C6H14O3.CH3.Pd/c1-11-13-15-17-23-37(24-18-16-14-12-2)31-25-27(38-40-33(3,4)34(5,6)41-38)19-21-29(31)30-22-20-28(26-32(30)37)39-42-35(7,8)36(9,10)43-39;25-19-11-15-23(16-12-19)27(21-7-3-1-4-8-21,22-9-5-2-6-10-22)24-17-13-20(26)14-18-24;1-7-3-5-9-6-4-8-2;;/h19-22,25-26H,11-18,23-24H2,1-10H3;1-18H;3-6H2,1-2H3;1H3;/q;;;-1;. The van der Waals surface area contributed by atoms with E-state index in [0.717, 1.165) is 32.7 Å². The van der Waals surface area contributed by atoms with E-state index in [-0.39, 0.29) is 69.9 Å². The molecule has 0 atom stereocenters. The van der Waals surface area contributed by atoms with E-state index in [2.05, 4.69) is 247 Å². The van der Waals surface area contributed by atoms with Crippen LogP contribution in [0.5, 0.6) is 0 Å². The van der Waals surface area contributed by atoms with Gasteiger partial charge in [0.1, 0.15) is 0 Å². The topological polar surface area (TPSA) is 64.6 Å². The third-order valence-corrected chi connectivity index (χ3v) is 23.1. The SMILES string of the molecule is Brc1ccc([Si](c2ccccc2)(c2ccccc2)c2ccc(Br)cc2)cc1.CCCCCCC1(CCCCCC)c2cc(B3OC(C)(C)C(C)(C)O3)ccc2-c2ccc(B3OC(C)(C)C(C)(C)O3)cc21.COCCOCCOC.[CH3-].[Pd]. The summed E-state index contributed by atoms with van der Waals surface area (Å²) < 4.78 is 43.0. The normalized spacial score (nSPS) is 16.7. The van der Waals surface area contributed by atoms with Gasteiger partial charge in [-0.3, -0.25) is 0 Å². The summed E-state index contributed by atoms with van der Waals surface area (Å²) in [6.45, 7) is 24.3. The van der Waals surface area contributed by atoms with Crippen molar-refractivity contribution in [1.29, 1.82) is 0 Å². The molecule has 0 aromatic heterocycles. The van der Waals surface area contributed by atoms with Crippen LogP contribution in [0.15, 0.2) is 155 Å². The molecule has 1 aliphatic carbocycles. The molecular formula is C68H91B2Br2O7PdSi-. The molecule has 0 radical (unpaired) electrons. The van der Waals surface area contributed by atoms with Gasteiger partial charge < -0.3 is 40.3 Å². The Balaban J connectivity index is 0.000000270. The van der Waals surface area contributed by atoms with Gasteiger partial charge in [0.05, 0.1) is 48.8 Å². The average Bonchev–Trinajstić information content (AvgIpc) is 4.05. The Hall–Kier alpha value is -2.99. The Morgan fingerprint density at radius 2 is 0.765 bits per heavy atom. The molecule has 7 nitrogen and oxygen atoms in total. The van der Waals surface area contributed by atoms with Gasteiger partial charge >= 0.3 is 14.2 Å². The summed E-state index contributed by atoms with van der Waals surface area (Å²) in [6.07, 6.45) is 12.4. The van der Waals surface area contributed by atoms with Crippen LogP contribution in [-0.2, 0) is 58.7 Å². The van der Waals surface area contributed by atoms with Gasteiger partial charge in [0.15, 0.2) is 8.07 Å². The fourth-order valence-corrected chi connectivity index (χ4v) is 16.6. The van der Waals surface area contributed by atoms with Crippen molar-refractivity contribution < 1.29 is 53.3 Å². The van der Waals surface area contributed by atoms with Crippen molar-refractivity contribution in [3.05, 3.63) is 173 Å². The zero-order valence-corrected chi connectivity index (χ0v) is 56.6. The summed E-state index contributed by atoms with van der Waals surface area (Å²) in [5, 5.41) is 5.54. The fourth-order valence-electron chi connectivity index (χ4n) is 11.3. The summed E-state index contributed by atoms with van der Waals surface area (Å²) in [6, 6.07) is 53.6. The molecule has 2 aliphatic heterocycles. The fraction of sp³-hybridized carbons (Fsp3) is 0.456. The van der Waals surface area contributed by atoms with Crippen molar-refractivity contribution in [2.24, 2.45) is 0 Å². The molecule has 440 valence electrons. The van der Waals surface area contributed by atoms with Gasteiger partial charge in [0, 0.05) is 49.0 Å². The molecule has 6 aromatic rings. The van der Waals surface area contributed by atoms with Crippen molar-refractivity contribution in [1.82, 2.24) is 0 Å². The van der Waals surface area contributed by atoms with Crippen LogP contribution in [0.4, 0.5) is 0 Å². The average molecular weight is 1340 g/mol. The first-order chi connectivity index (χ1) is 37.8. The van der Waals surface area contributed by atoms with E-state index in [9.17, 15) is 0 Å². The number of hydrogen-bond acceptors (Lipinski definition) is 7. The second-order valence-electron chi connectivity index (χ2n) is 23.6. The molecule has 13 heteroatoms. The molecule has 0 N–H and O–H groups in total.